The minimum absolute atomic E-state index is 0.0549. The lowest BCUT2D eigenvalue weighted by atomic mass is 9.93. The molecule has 1 N–H and O–H groups in total. The van der Waals surface area contributed by atoms with Crippen LogP contribution in [0.4, 0.5) is 0 Å². The number of rotatable bonds is 8. The first kappa shape index (κ1) is 23.4. The average Bonchev–Trinajstić information content (AvgIpc) is 3.03. The van der Waals surface area contributed by atoms with Gasteiger partial charge in [-0.2, -0.15) is 0 Å². The lowest BCUT2D eigenvalue weighted by Gasteiger charge is -2.26. The molecule has 1 heterocycles. The quantitative estimate of drug-likeness (QED) is 0.274. The molecule has 3 rings (SSSR count). The summed E-state index contributed by atoms with van der Waals surface area (Å²) in [6, 6.07) is 10.3. The number of hydrogen-bond donors (Lipinski definition) is 1. The fraction of sp³-hybridized carbons (Fsp3) is 0.385. The molecule has 0 aliphatic carbocycles. The Morgan fingerprint density at radius 1 is 1.06 bits per heavy atom. The standard InChI is InChI=1S/C26H31NO5/c1-6-7-10-13-27-22(18-11-8-9-12-20(18)31-4)21(24(29)26(27)30)23(28)19-15-16(2)14-17(3)25(19)32-5/h8-9,11-12,14-15,22,28H,6-7,10,13H2,1-5H3/b23-21+. The van der Waals surface area contributed by atoms with E-state index in [9.17, 15) is 14.7 Å². The van der Waals surface area contributed by atoms with Crippen molar-refractivity contribution in [3.05, 3.63) is 64.2 Å². The molecule has 2 aromatic rings. The van der Waals surface area contributed by atoms with Gasteiger partial charge in [0.1, 0.15) is 17.3 Å². The number of ether oxygens (including phenoxy) is 2. The molecule has 1 aliphatic heterocycles. The molecule has 1 atom stereocenters. The Hall–Kier alpha value is -3.28. The molecule has 6 heteroatoms. The predicted octanol–water partition coefficient (Wildman–Crippen LogP) is 4.93. The van der Waals surface area contributed by atoms with E-state index >= 15 is 0 Å². The van der Waals surface area contributed by atoms with Gasteiger partial charge in [0.2, 0.25) is 0 Å². The van der Waals surface area contributed by atoms with Crippen LogP contribution in [0.3, 0.4) is 0 Å². The van der Waals surface area contributed by atoms with Crippen molar-refractivity contribution in [1.82, 2.24) is 4.90 Å². The molecule has 0 bridgehead atoms. The van der Waals surface area contributed by atoms with Crippen LogP contribution < -0.4 is 9.47 Å². The van der Waals surface area contributed by atoms with Gasteiger partial charge in [0.05, 0.1) is 31.4 Å². The first-order chi connectivity index (χ1) is 15.3. The number of Topliss-reactive ketones (excluding diaryl/α,β-unsaturated/α-hetero) is 1. The van der Waals surface area contributed by atoms with E-state index in [0.717, 1.165) is 30.4 Å². The number of hydrogen-bond acceptors (Lipinski definition) is 5. The number of carbonyl (C=O) groups is 2. The Morgan fingerprint density at radius 2 is 1.78 bits per heavy atom. The van der Waals surface area contributed by atoms with Crippen molar-refractivity contribution in [2.75, 3.05) is 20.8 Å². The summed E-state index contributed by atoms with van der Waals surface area (Å²) in [5.74, 6) is -0.513. The minimum Gasteiger partial charge on any atom is -0.507 e. The molecule has 1 fully saturated rings. The SMILES string of the molecule is CCCCCN1C(=O)C(=O)/C(=C(/O)c2cc(C)cc(C)c2OC)C1c1ccccc1OC. The number of aliphatic hydroxyl groups is 1. The third kappa shape index (κ3) is 4.22. The van der Waals surface area contributed by atoms with Gasteiger partial charge in [-0.15, -0.1) is 0 Å². The first-order valence-corrected chi connectivity index (χ1v) is 10.9. The average molecular weight is 438 g/mol. The van der Waals surface area contributed by atoms with Crippen LogP contribution in [-0.4, -0.2) is 42.5 Å². The van der Waals surface area contributed by atoms with E-state index in [4.69, 9.17) is 9.47 Å². The van der Waals surface area contributed by atoms with Crippen LogP contribution in [0.5, 0.6) is 11.5 Å². The van der Waals surface area contributed by atoms with Gasteiger partial charge < -0.3 is 19.5 Å². The second-order valence-corrected chi connectivity index (χ2v) is 8.10. The zero-order chi connectivity index (χ0) is 23.4. The molecule has 2 aromatic carbocycles. The summed E-state index contributed by atoms with van der Waals surface area (Å²) in [6.07, 6.45) is 2.69. The van der Waals surface area contributed by atoms with Gasteiger partial charge in [-0.3, -0.25) is 9.59 Å². The Balaban J connectivity index is 2.26. The Kier molecular flexibility index (Phi) is 7.23. The van der Waals surface area contributed by atoms with E-state index in [1.54, 1.807) is 24.1 Å². The molecule has 32 heavy (non-hydrogen) atoms. The molecule has 0 spiro atoms. The van der Waals surface area contributed by atoms with Crippen LogP contribution in [0.25, 0.3) is 5.76 Å². The first-order valence-electron chi connectivity index (χ1n) is 10.9. The number of para-hydroxylation sites is 1. The molecule has 1 unspecified atom stereocenters. The Labute approximate surface area is 189 Å². The zero-order valence-corrected chi connectivity index (χ0v) is 19.4. The fourth-order valence-corrected chi connectivity index (χ4v) is 4.40. The van der Waals surface area contributed by atoms with Crippen LogP contribution in [0, 0.1) is 13.8 Å². The van der Waals surface area contributed by atoms with Gasteiger partial charge >= 0.3 is 0 Å². The van der Waals surface area contributed by atoms with Gasteiger partial charge in [-0.25, -0.2) is 0 Å². The van der Waals surface area contributed by atoms with Gasteiger partial charge in [-0.05, 0) is 43.5 Å². The maximum atomic E-state index is 13.2. The molecule has 1 saturated heterocycles. The van der Waals surface area contributed by atoms with Crippen LogP contribution in [0.1, 0.15) is 54.5 Å². The molecule has 1 aliphatic rings. The summed E-state index contributed by atoms with van der Waals surface area (Å²) >= 11 is 0. The van der Waals surface area contributed by atoms with Crippen molar-refractivity contribution in [3.8, 4) is 11.5 Å². The van der Waals surface area contributed by atoms with Crippen molar-refractivity contribution < 1.29 is 24.2 Å². The monoisotopic (exact) mass is 437 g/mol. The van der Waals surface area contributed by atoms with Crippen molar-refractivity contribution in [1.29, 1.82) is 0 Å². The number of carbonyl (C=O) groups excluding carboxylic acids is 2. The van der Waals surface area contributed by atoms with E-state index < -0.39 is 17.7 Å². The van der Waals surface area contributed by atoms with E-state index in [2.05, 4.69) is 6.92 Å². The number of aliphatic hydroxyl groups excluding tert-OH is 1. The van der Waals surface area contributed by atoms with Crippen molar-refractivity contribution in [2.24, 2.45) is 0 Å². The highest BCUT2D eigenvalue weighted by molar-refractivity contribution is 6.46. The summed E-state index contributed by atoms with van der Waals surface area (Å²) in [4.78, 5) is 27.9. The van der Waals surface area contributed by atoms with Crippen molar-refractivity contribution in [3.63, 3.8) is 0 Å². The van der Waals surface area contributed by atoms with Gasteiger partial charge in [0.15, 0.2) is 0 Å². The van der Waals surface area contributed by atoms with Crippen molar-refractivity contribution in [2.45, 2.75) is 46.1 Å². The van der Waals surface area contributed by atoms with Crippen LogP contribution >= 0.6 is 0 Å². The maximum absolute atomic E-state index is 13.2. The topological polar surface area (TPSA) is 76.1 Å². The maximum Gasteiger partial charge on any atom is 0.295 e. The molecule has 1 amide bonds. The smallest absolute Gasteiger partial charge is 0.295 e. The molecule has 170 valence electrons. The van der Waals surface area contributed by atoms with E-state index in [-0.39, 0.29) is 11.3 Å². The summed E-state index contributed by atoms with van der Waals surface area (Å²) in [7, 11) is 3.07. The number of benzene rings is 2. The van der Waals surface area contributed by atoms with Crippen LogP contribution in [0.15, 0.2) is 42.0 Å². The molecular formula is C26H31NO5. The third-order valence-electron chi connectivity index (χ3n) is 5.85. The summed E-state index contributed by atoms with van der Waals surface area (Å²) in [5.41, 5.74) is 2.86. The highest BCUT2D eigenvalue weighted by Crippen LogP contribution is 2.44. The predicted molar refractivity (Wildman–Crippen MR) is 124 cm³/mol. The third-order valence-corrected chi connectivity index (χ3v) is 5.85. The normalized spacial score (nSPS) is 17.7. The molecule has 0 saturated carbocycles. The molecule has 6 nitrogen and oxygen atoms in total. The number of methoxy groups -OCH3 is 2. The summed E-state index contributed by atoms with van der Waals surface area (Å²) in [6.45, 7) is 6.29. The van der Waals surface area contributed by atoms with E-state index in [0.29, 0.717) is 29.2 Å². The highest BCUT2D eigenvalue weighted by atomic mass is 16.5. The highest BCUT2D eigenvalue weighted by Gasteiger charge is 2.47. The van der Waals surface area contributed by atoms with E-state index in [1.807, 2.05) is 38.1 Å². The summed E-state index contributed by atoms with van der Waals surface area (Å²) in [5, 5.41) is 11.4. The van der Waals surface area contributed by atoms with E-state index in [1.165, 1.54) is 7.11 Å². The second kappa shape index (κ2) is 9.90. The molecule has 0 aromatic heterocycles. The minimum atomic E-state index is -0.742. The number of aryl methyl sites for hydroxylation is 2. The number of likely N-dealkylation sites (tertiary alicyclic amines) is 1. The lowest BCUT2D eigenvalue weighted by molar-refractivity contribution is -0.139. The zero-order valence-electron chi connectivity index (χ0n) is 19.4. The fourth-order valence-electron chi connectivity index (χ4n) is 4.40. The molecule has 0 radical (unpaired) electrons. The number of ketones is 1. The van der Waals surface area contributed by atoms with Crippen LogP contribution in [0.2, 0.25) is 0 Å². The molecular weight excluding hydrogens is 406 g/mol. The lowest BCUT2D eigenvalue weighted by Crippen LogP contribution is -2.30. The number of amides is 1. The Morgan fingerprint density at radius 3 is 2.44 bits per heavy atom. The van der Waals surface area contributed by atoms with Crippen LogP contribution in [-0.2, 0) is 9.59 Å². The van der Waals surface area contributed by atoms with Crippen molar-refractivity contribution >= 4 is 17.4 Å². The number of nitrogens with zero attached hydrogens (tertiary/aromatic N) is 1. The second-order valence-electron chi connectivity index (χ2n) is 8.10. The largest absolute Gasteiger partial charge is 0.507 e. The van der Waals surface area contributed by atoms with Gasteiger partial charge in [-0.1, -0.05) is 44.0 Å². The summed E-state index contributed by atoms with van der Waals surface area (Å²) < 4.78 is 11.1. The van der Waals surface area contributed by atoms with Gasteiger partial charge in [0, 0.05) is 12.1 Å². The Bertz CT molecular complexity index is 1060. The van der Waals surface area contributed by atoms with Gasteiger partial charge in [0.25, 0.3) is 11.7 Å². The number of unbranched alkanes of at least 4 members (excludes halogenated alkanes) is 2.